The molecule has 1 saturated heterocycles. The van der Waals surface area contributed by atoms with E-state index in [1.807, 2.05) is 19.2 Å². The molecule has 1 amide bonds. The lowest BCUT2D eigenvalue weighted by Crippen LogP contribution is -2.44. The Labute approximate surface area is 211 Å². The lowest BCUT2D eigenvalue weighted by Gasteiger charge is -2.33. The minimum Gasteiger partial charge on any atom is -0.458 e. The maximum atomic E-state index is 13.1. The van der Waals surface area contributed by atoms with Crippen molar-refractivity contribution in [3.05, 3.63) is 41.9 Å². The molecule has 0 bridgehead atoms. The summed E-state index contributed by atoms with van der Waals surface area (Å²) < 4.78 is 11.1. The number of aromatic amines is 1. The summed E-state index contributed by atoms with van der Waals surface area (Å²) in [4.78, 5) is 32.1. The summed E-state index contributed by atoms with van der Waals surface area (Å²) in [6.45, 7) is 3.92. The number of amides is 1. The van der Waals surface area contributed by atoms with Crippen molar-refractivity contribution in [1.29, 1.82) is 0 Å². The van der Waals surface area contributed by atoms with Crippen LogP contribution >= 0.6 is 0 Å². The number of H-pyrrole nitrogens is 1. The number of hydrogen-bond acceptors (Lipinski definition) is 8. The zero-order valence-electron chi connectivity index (χ0n) is 20.9. The van der Waals surface area contributed by atoms with Crippen LogP contribution in [0.3, 0.4) is 0 Å². The maximum Gasteiger partial charge on any atom is 0.319 e. The smallest absolute Gasteiger partial charge is 0.319 e. The van der Waals surface area contributed by atoms with Crippen molar-refractivity contribution in [1.82, 2.24) is 25.3 Å². The van der Waals surface area contributed by atoms with Gasteiger partial charge in [-0.05, 0) is 62.6 Å². The molecule has 3 aromatic heterocycles. The molecule has 10 heteroatoms. The van der Waals surface area contributed by atoms with E-state index in [1.165, 1.54) is 10.9 Å². The number of carbonyl (C=O) groups excluding carboxylic acids is 1. The number of nitrogens with two attached hydrogens (primary N) is 1. The van der Waals surface area contributed by atoms with Crippen molar-refractivity contribution >= 4 is 22.8 Å². The SMILES string of the molecule is COC[C@@H](C)Oc1nc(C(=O)N[C@@H]2CCC[C@H]2N)cc(N2CCC(c3c[nH]c4ncccc34)CC2)n1. The van der Waals surface area contributed by atoms with Crippen LogP contribution in [0.1, 0.15) is 61.0 Å². The molecule has 0 spiro atoms. The fraction of sp³-hybridized carbons (Fsp3) is 0.538. The molecule has 0 radical (unpaired) electrons. The summed E-state index contributed by atoms with van der Waals surface area (Å²) >= 11 is 0. The van der Waals surface area contributed by atoms with Gasteiger partial charge < -0.3 is 30.4 Å². The van der Waals surface area contributed by atoms with Crippen LogP contribution in [0.5, 0.6) is 6.01 Å². The normalized spacial score (nSPS) is 21.6. The summed E-state index contributed by atoms with van der Waals surface area (Å²) in [5, 5.41) is 4.25. The molecule has 2 fully saturated rings. The average molecular weight is 494 g/mol. The molecule has 1 aliphatic heterocycles. The number of nitrogens with zero attached hydrogens (tertiary/aromatic N) is 4. The molecule has 192 valence electrons. The molecule has 4 N–H and O–H groups in total. The van der Waals surface area contributed by atoms with Gasteiger partial charge in [0.2, 0.25) is 0 Å². The highest BCUT2D eigenvalue weighted by Gasteiger charge is 2.28. The zero-order chi connectivity index (χ0) is 25.1. The summed E-state index contributed by atoms with van der Waals surface area (Å²) in [6.07, 6.45) is 8.42. The van der Waals surface area contributed by atoms with Gasteiger partial charge in [0, 0.05) is 56.1 Å². The van der Waals surface area contributed by atoms with Gasteiger partial charge in [-0.15, -0.1) is 0 Å². The molecule has 1 aliphatic carbocycles. The Morgan fingerprint density at radius 1 is 1.28 bits per heavy atom. The minimum atomic E-state index is -0.245. The van der Waals surface area contributed by atoms with E-state index >= 15 is 0 Å². The van der Waals surface area contributed by atoms with Gasteiger partial charge in [-0.1, -0.05) is 0 Å². The van der Waals surface area contributed by atoms with E-state index in [2.05, 4.69) is 42.4 Å². The van der Waals surface area contributed by atoms with E-state index in [0.29, 0.717) is 24.0 Å². The highest BCUT2D eigenvalue weighted by molar-refractivity contribution is 5.93. The summed E-state index contributed by atoms with van der Waals surface area (Å²) in [5.74, 6) is 0.890. The Kier molecular flexibility index (Phi) is 7.33. The number of fused-ring (bicyclic) bond motifs is 1. The summed E-state index contributed by atoms with van der Waals surface area (Å²) in [7, 11) is 1.62. The first kappa shape index (κ1) is 24.5. The number of ether oxygens (including phenoxy) is 2. The van der Waals surface area contributed by atoms with Gasteiger partial charge in [0.25, 0.3) is 5.91 Å². The van der Waals surface area contributed by atoms with Crippen molar-refractivity contribution < 1.29 is 14.3 Å². The van der Waals surface area contributed by atoms with Crippen LogP contribution in [0.25, 0.3) is 11.0 Å². The van der Waals surface area contributed by atoms with Crippen LogP contribution in [0.4, 0.5) is 5.82 Å². The van der Waals surface area contributed by atoms with Crippen LogP contribution in [0, 0.1) is 0 Å². The number of methoxy groups -OCH3 is 1. The van der Waals surface area contributed by atoms with E-state index in [1.54, 1.807) is 13.2 Å². The van der Waals surface area contributed by atoms with Crippen molar-refractivity contribution in [3.63, 3.8) is 0 Å². The number of hydrogen-bond donors (Lipinski definition) is 3. The Balaban J connectivity index is 1.33. The quantitative estimate of drug-likeness (QED) is 0.437. The van der Waals surface area contributed by atoms with Crippen LogP contribution in [0.2, 0.25) is 0 Å². The molecule has 10 nitrogen and oxygen atoms in total. The predicted molar refractivity (Wildman–Crippen MR) is 137 cm³/mol. The van der Waals surface area contributed by atoms with E-state index in [9.17, 15) is 4.79 Å². The van der Waals surface area contributed by atoms with Crippen molar-refractivity contribution in [2.75, 3.05) is 31.7 Å². The van der Waals surface area contributed by atoms with Crippen LogP contribution < -0.4 is 20.7 Å². The minimum absolute atomic E-state index is 0.0218. The number of aromatic nitrogens is 4. The number of piperidine rings is 1. The van der Waals surface area contributed by atoms with Gasteiger partial charge in [0.15, 0.2) is 0 Å². The first-order chi connectivity index (χ1) is 17.5. The molecule has 0 unspecified atom stereocenters. The third-order valence-corrected chi connectivity index (χ3v) is 7.26. The molecular formula is C26H35N7O3. The van der Waals surface area contributed by atoms with Gasteiger partial charge in [0.1, 0.15) is 23.3 Å². The molecule has 5 rings (SSSR count). The largest absolute Gasteiger partial charge is 0.458 e. The molecule has 1 saturated carbocycles. The second kappa shape index (κ2) is 10.8. The highest BCUT2D eigenvalue weighted by Crippen LogP contribution is 2.34. The second-order valence-corrected chi connectivity index (χ2v) is 9.86. The zero-order valence-corrected chi connectivity index (χ0v) is 20.9. The summed E-state index contributed by atoms with van der Waals surface area (Å²) in [5.41, 5.74) is 8.70. The van der Waals surface area contributed by atoms with Crippen LogP contribution in [0.15, 0.2) is 30.6 Å². The number of pyridine rings is 1. The first-order valence-corrected chi connectivity index (χ1v) is 12.8. The highest BCUT2D eigenvalue weighted by atomic mass is 16.5. The van der Waals surface area contributed by atoms with E-state index < -0.39 is 0 Å². The summed E-state index contributed by atoms with van der Waals surface area (Å²) in [6, 6.07) is 5.99. The maximum absolute atomic E-state index is 13.1. The lowest BCUT2D eigenvalue weighted by molar-refractivity contribution is 0.0841. The number of anilines is 1. The van der Waals surface area contributed by atoms with E-state index in [4.69, 9.17) is 15.2 Å². The van der Waals surface area contributed by atoms with Crippen molar-refractivity contribution in [3.8, 4) is 6.01 Å². The van der Waals surface area contributed by atoms with Gasteiger partial charge in [-0.25, -0.2) is 4.98 Å². The van der Waals surface area contributed by atoms with E-state index in [0.717, 1.165) is 50.8 Å². The Morgan fingerprint density at radius 2 is 2.11 bits per heavy atom. The lowest BCUT2D eigenvalue weighted by atomic mass is 9.89. The third kappa shape index (κ3) is 5.29. The predicted octanol–water partition coefficient (Wildman–Crippen LogP) is 2.76. The van der Waals surface area contributed by atoms with Gasteiger partial charge in [0.05, 0.1) is 6.61 Å². The van der Waals surface area contributed by atoms with Gasteiger partial charge in [-0.3, -0.25) is 4.79 Å². The molecule has 36 heavy (non-hydrogen) atoms. The van der Waals surface area contributed by atoms with Crippen LogP contribution in [-0.4, -0.2) is 70.8 Å². The Morgan fingerprint density at radius 3 is 2.86 bits per heavy atom. The Hall–Kier alpha value is -3.24. The van der Waals surface area contributed by atoms with Gasteiger partial charge >= 0.3 is 6.01 Å². The van der Waals surface area contributed by atoms with Crippen molar-refractivity contribution in [2.45, 2.75) is 63.1 Å². The molecule has 0 aromatic carbocycles. The molecule has 2 aliphatic rings. The molecule has 4 heterocycles. The number of nitrogens with one attached hydrogen (secondary N) is 2. The average Bonchev–Trinajstić information content (AvgIpc) is 3.50. The molecule has 3 atom stereocenters. The van der Waals surface area contributed by atoms with Gasteiger partial charge in [-0.2, -0.15) is 9.97 Å². The topological polar surface area (TPSA) is 131 Å². The Bertz CT molecular complexity index is 1190. The second-order valence-electron chi connectivity index (χ2n) is 9.86. The van der Waals surface area contributed by atoms with E-state index in [-0.39, 0.29) is 30.1 Å². The standard InChI is InChI=1S/C26H35N7O3/c1-16(15-35-2)36-26-31-22(25(34)30-21-7-3-6-20(21)27)13-23(32-26)33-11-8-17(9-12-33)19-14-29-24-18(19)5-4-10-28-24/h4-5,10,13-14,16-17,20-21H,3,6-9,11-12,15,27H2,1-2H3,(H,28,29)(H,30,34)/t16-,20-,21-/m1/s1. The number of carbonyl (C=O) groups is 1. The molecule has 3 aromatic rings. The van der Waals surface area contributed by atoms with Crippen molar-refractivity contribution in [2.24, 2.45) is 5.73 Å². The fourth-order valence-corrected chi connectivity index (χ4v) is 5.34. The fourth-order valence-electron chi connectivity index (χ4n) is 5.34. The number of rotatable bonds is 8. The van der Waals surface area contributed by atoms with Crippen LogP contribution in [-0.2, 0) is 4.74 Å². The molecular weight excluding hydrogens is 458 g/mol. The third-order valence-electron chi connectivity index (χ3n) is 7.26. The first-order valence-electron chi connectivity index (χ1n) is 12.8. The monoisotopic (exact) mass is 493 g/mol.